The second kappa shape index (κ2) is 8.40. The number of rotatable bonds is 6. The van der Waals surface area contributed by atoms with E-state index in [1.807, 2.05) is 9.80 Å². The van der Waals surface area contributed by atoms with Crippen LogP contribution in [0.3, 0.4) is 0 Å². The van der Waals surface area contributed by atoms with Crippen molar-refractivity contribution < 1.29 is 9.59 Å². The molecular formula is C17H32N2O2. The molecule has 1 rings (SSSR count). The lowest BCUT2D eigenvalue weighted by Crippen LogP contribution is -2.51. The highest BCUT2D eigenvalue weighted by Crippen LogP contribution is 2.24. The van der Waals surface area contributed by atoms with E-state index in [0.717, 1.165) is 51.9 Å². The second-order valence-electron chi connectivity index (χ2n) is 6.62. The summed E-state index contributed by atoms with van der Waals surface area (Å²) in [5.41, 5.74) is -0.936. The zero-order valence-electron chi connectivity index (χ0n) is 14.3. The van der Waals surface area contributed by atoms with Crippen molar-refractivity contribution in [1.82, 2.24) is 9.80 Å². The second-order valence-corrected chi connectivity index (χ2v) is 6.62. The molecule has 1 fully saturated rings. The zero-order chi connectivity index (χ0) is 15.9. The maximum Gasteiger partial charge on any atom is 0.237 e. The molecule has 0 aromatic heterocycles. The van der Waals surface area contributed by atoms with E-state index >= 15 is 0 Å². The smallest absolute Gasteiger partial charge is 0.237 e. The van der Waals surface area contributed by atoms with Crippen LogP contribution < -0.4 is 0 Å². The average Bonchev–Trinajstić information content (AvgIpc) is 2.74. The highest BCUT2D eigenvalue weighted by atomic mass is 16.2. The Morgan fingerprint density at radius 3 is 1.86 bits per heavy atom. The summed E-state index contributed by atoms with van der Waals surface area (Å²) in [4.78, 5) is 29.4. The van der Waals surface area contributed by atoms with Crippen molar-refractivity contribution in [3.05, 3.63) is 0 Å². The van der Waals surface area contributed by atoms with Crippen LogP contribution in [0.5, 0.6) is 0 Å². The van der Waals surface area contributed by atoms with Crippen molar-refractivity contribution in [3.63, 3.8) is 0 Å². The van der Waals surface area contributed by atoms with Crippen LogP contribution in [-0.4, -0.2) is 47.8 Å². The average molecular weight is 296 g/mol. The van der Waals surface area contributed by atoms with Gasteiger partial charge in [0.2, 0.25) is 11.8 Å². The van der Waals surface area contributed by atoms with Gasteiger partial charge in [0.05, 0.1) is 0 Å². The Hall–Kier alpha value is -1.06. The lowest BCUT2D eigenvalue weighted by molar-refractivity contribution is -0.154. The van der Waals surface area contributed by atoms with Crippen molar-refractivity contribution in [3.8, 4) is 0 Å². The van der Waals surface area contributed by atoms with Crippen LogP contribution in [0.25, 0.3) is 0 Å². The number of hydrogen-bond donors (Lipinski definition) is 0. The van der Waals surface area contributed by atoms with Crippen LogP contribution in [0.1, 0.15) is 66.2 Å². The Kier molecular flexibility index (Phi) is 7.20. The predicted molar refractivity (Wildman–Crippen MR) is 86.0 cm³/mol. The number of likely N-dealkylation sites (tertiary alicyclic amines) is 1. The molecule has 0 atom stereocenters. The first-order valence-electron chi connectivity index (χ1n) is 8.53. The van der Waals surface area contributed by atoms with E-state index in [1.165, 1.54) is 12.8 Å². The minimum Gasteiger partial charge on any atom is -0.342 e. The summed E-state index contributed by atoms with van der Waals surface area (Å²) in [6.45, 7) is 10.8. The summed E-state index contributed by atoms with van der Waals surface area (Å²) >= 11 is 0. The lowest BCUT2D eigenvalue weighted by atomic mass is 9.89. The van der Waals surface area contributed by atoms with Gasteiger partial charge in [0.1, 0.15) is 5.41 Å². The molecule has 0 unspecified atom stereocenters. The SMILES string of the molecule is CCCN(CCC)C(=O)C(C)(C)C(=O)N1CCCCCC1. The summed E-state index contributed by atoms with van der Waals surface area (Å²) in [5, 5.41) is 0. The Morgan fingerprint density at radius 2 is 1.43 bits per heavy atom. The molecule has 2 amide bonds. The van der Waals surface area contributed by atoms with E-state index in [2.05, 4.69) is 13.8 Å². The van der Waals surface area contributed by atoms with Crippen LogP contribution in [0, 0.1) is 5.41 Å². The highest BCUT2D eigenvalue weighted by molar-refractivity contribution is 6.04. The van der Waals surface area contributed by atoms with Gasteiger partial charge in [-0.15, -0.1) is 0 Å². The fraction of sp³-hybridized carbons (Fsp3) is 0.882. The van der Waals surface area contributed by atoms with E-state index in [1.54, 1.807) is 13.8 Å². The van der Waals surface area contributed by atoms with E-state index in [-0.39, 0.29) is 11.8 Å². The molecule has 0 radical (unpaired) electrons. The molecule has 0 aromatic carbocycles. The maximum absolute atomic E-state index is 12.8. The van der Waals surface area contributed by atoms with E-state index < -0.39 is 5.41 Å². The Morgan fingerprint density at radius 1 is 0.952 bits per heavy atom. The van der Waals surface area contributed by atoms with Crippen molar-refractivity contribution in [2.75, 3.05) is 26.2 Å². The first-order valence-corrected chi connectivity index (χ1v) is 8.53. The molecule has 1 saturated heterocycles. The largest absolute Gasteiger partial charge is 0.342 e. The van der Waals surface area contributed by atoms with Gasteiger partial charge in [-0.25, -0.2) is 0 Å². The van der Waals surface area contributed by atoms with Gasteiger partial charge in [-0.05, 0) is 39.5 Å². The minimum absolute atomic E-state index is 0.00612. The van der Waals surface area contributed by atoms with E-state index in [9.17, 15) is 9.59 Å². The normalized spacial score (nSPS) is 16.5. The summed E-state index contributed by atoms with van der Waals surface area (Å²) in [7, 11) is 0. The molecule has 0 saturated carbocycles. The number of nitrogens with zero attached hydrogens (tertiary/aromatic N) is 2. The first kappa shape index (κ1) is 18.0. The van der Waals surface area contributed by atoms with Crippen molar-refractivity contribution in [2.24, 2.45) is 5.41 Å². The fourth-order valence-corrected chi connectivity index (χ4v) is 3.01. The Bertz CT molecular complexity index is 323. The molecule has 0 aromatic rings. The van der Waals surface area contributed by atoms with Crippen molar-refractivity contribution >= 4 is 11.8 Å². The van der Waals surface area contributed by atoms with Gasteiger partial charge in [0.15, 0.2) is 0 Å². The van der Waals surface area contributed by atoms with Gasteiger partial charge in [-0.2, -0.15) is 0 Å². The molecule has 122 valence electrons. The number of carbonyl (C=O) groups excluding carboxylic acids is 2. The maximum atomic E-state index is 12.8. The molecule has 0 bridgehead atoms. The molecule has 21 heavy (non-hydrogen) atoms. The van der Waals surface area contributed by atoms with Crippen LogP contribution in [0.2, 0.25) is 0 Å². The summed E-state index contributed by atoms with van der Waals surface area (Å²) in [5.74, 6) is -0.00736. The Balaban J connectivity index is 2.80. The molecule has 4 heteroatoms. The third-order valence-electron chi connectivity index (χ3n) is 4.24. The molecule has 0 spiro atoms. The number of hydrogen-bond acceptors (Lipinski definition) is 2. The molecule has 1 aliphatic rings. The first-order chi connectivity index (χ1) is 9.95. The van der Waals surface area contributed by atoms with E-state index in [0.29, 0.717) is 0 Å². The lowest BCUT2D eigenvalue weighted by Gasteiger charge is -2.34. The minimum atomic E-state index is -0.936. The molecular weight excluding hydrogens is 264 g/mol. The molecule has 1 aliphatic heterocycles. The van der Waals surface area contributed by atoms with Crippen LogP contribution in [0.4, 0.5) is 0 Å². The van der Waals surface area contributed by atoms with Crippen molar-refractivity contribution in [1.29, 1.82) is 0 Å². The van der Waals surface area contributed by atoms with Gasteiger partial charge in [-0.1, -0.05) is 26.7 Å². The van der Waals surface area contributed by atoms with Crippen LogP contribution in [0.15, 0.2) is 0 Å². The van der Waals surface area contributed by atoms with Crippen molar-refractivity contribution in [2.45, 2.75) is 66.2 Å². The number of amides is 2. The molecule has 0 aliphatic carbocycles. The molecule has 4 nitrogen and oxygen atoms in total. The third kappa shape index (κ3) is 4.72. The standard InChI is InChI=1S/C17H32N2O2/c1-5-11-18(12-6-2)15(20)17(3,4)16(21)19-13-9-7-8-10-14-19/h5-14H2,1-4H3. The predicted octanol–water partition coefficient (Wildman–Crippen LogP) is 3.06. The van der Waals surface area contributed by atoms with Gasteiger partial charge < -0.3 is 9.80 Å². The quantitative estimate of drug-likeness (QED) is 0.707. The van der Waals surface area contributed by atoms with Gasteiger partial charge in [-0.3, -0.25) is 9.59 Å². The van der Waals surface area contributed by atoms with Gasteiger partial charge >= 0.3 is 0 Å². The topological polar surface area (TPSA) is 40.6 Å². The Labute approximate surface area is 129 Å². The highest BCUT2D eigenvalue weighted by Gasteiger charge is 2.41. The third-order valence-corrected chi connectivity index (χ3v) is 4.24. The van der Waals surface area contributed by atoms with Gasteiger partial charge in [0.25, 0.3) is 0 Å². The summed E-state index contributed by atoms with van der Waals surface area (Å²) in [6, 6.07) is 0. The van der Waals surface area contributed by atoms with Crippen LogP contribution >= 0.6 is 0 Å². The monoisotopic (exact) mass is 296 g/mol. The number of carbonyl (C=O) groups is 2. The van der Waals surface area contributed by atoms with Crippen LogP contribution in [-0.2, 0) is 9.59 Å². The van der Waals surface area contributed by atoms with Gasteiger partial charge in [0, 0.05) is 26.2 Å². The summed E-state index contributed by atoms with van der Waals surface area (Å²) in [6.07, 6.45) is 6.36. The summed E-state index contributed by atoms with van der Waals surface area (Å²) < 4.78 is 0. The fourth-order valence-electron chi connectivity index (χ4n) is 3.01. The van der Waals surface area contributed by atoms with E-state index in [4.69, 9.17) is 0 Å². The zero-order valence-corrected chi connectivity index (χ0v) is 14.3. The molecule has 1 heterocycles. The molecule has 0 N–H and O–H groups in total.